The molecule has 1 unspecified atom stereocenters. The first-order valence-corrected chi connectivity index (χ1v) is 11.1. The van der Waals surface area contributed by atoms with Crippen molar-refractivity contribution >= 4 is 27.2 Å². The van der Waals surface area contributed by atoms with E-state index in [2.05, 4.69) is 20.8 Å². The van der Waals surface area contributed by atoms with Crippen LogP contribution in [0, 0.1) is 0 Å². The fourth-order valence-electron chi connectivity index (χ4n) is 2.98. The van der Waals surface area contributed by atoms with Gasteiger partial charge in [-0.15, -0.1) is 0 Å². The number of rotatable bonds is 6. The molecular weight excluding hydrogens is 402 g/mol. The van der Waals surface area contributed by atoms with Crippen molar-refractivity contribution in [1.82, 2.24) is 15.0 Å². The van der Waals surface area contributed by atoms with Crippen LogP contribution in [0.1, 0.15) is 29.9 Å². The van der Waals surface area contributed by atoms with E-state index in [1.807, 2.05) is 0 Å². The Morgan fingerprint density at radius 1 is 1.13 bits per heavy atom. The number of primary amides is 1. The molecule has 3 rings (SSSR count). The zero-order chi connectivity index (χ0) is 22.1. The summed E-state index contributed by atoms with van der Waals surface area (Å²) >= 11 is 0. The molecule has 0 radical (unpaired) electrons. The second-order valence-corrected chi connectivity index (χ2v) is 9.89. The van der Waals surface area contributed by atoms with Crippen LogP contribution in [-0.2, 0) is 15.1 Å². The predicted molar refractivity (Wildman–Crippen MR) is 117 cm³/mol. The van der Waals surface area contributed by atoms with E-state index in [1.54, 1.807) is 56.4 Å². The Morgan fingerprint density at radius 3 is 2.40 bits per heavy atom. The maximum Gasteiger partial charge on any atom is 0.250 e. The molecule has 1 amide bonds. The van der Waals surface area contributed by atoms with E-state index >= 15 is 0 Å². The van der Waals surface area contributed by atoms with Crippen LogP contribution in [0.2, 0.25) is 0 Å². The molecule has 2 aromatic heterocycles. The lowest BCUT2D eigenvalue weighted by Crippen LogP contribution is -2.42. The van der Waals surface area contributed by atoms with Crippen LogP contribution in [0.3, 0.4) is 0 Å². The van der Waals surface area contributed by atoms with Gasteiger partial charge in [0.15, 0.2) is 0 Å². The van der Waals surface area contributed by atoms with E-state index in [9.17, 15) is 14.2 Å². The van der Waals surface area contributed by atoms with E-state index in [-0.39, 0.29) is 5.95 Å². The third kappa shape index (κ3) is 4.17. The summed E-state index contributed by atoms with van der Waals surface area (Å²) in [4.78, 5) is 24.7. The Labute approximate surface area is 175 Å². The fourth-order valence-corrected chi connectivity index (χ4v) is 4.06. The monoisotopic (exact) mass is 425 g/mol. The first-order valence-electron chi connectivity index (χ1n) is 9.01. The molecular formula is C21H23N5O3S. The van der Waals surface area contributed by atoms with Gasteiger partial charge in [-0.05, 0) is 59.1 Å². The topological polar surface area (TPSA) is 122 Å². The number of nitrogens with two attached hydrogens (primary N) is 1. The van der Waals surface area contributed by atoms with Crippen LogP contribution < -0.4 is 10.8 Å². The van der Waals surface area contributed by atoms with Gasteiger partial charge in [0.05, 0.1) is 10.6 Å². The van der Waals surface area contributed by atoms with Crippen LogP contribution in [-0.4, -0.2) is 42.4 Å². The number of benzene rings is 1. The summed E-state index contributed by atoms with van der Waals surface area (Å²) < 4.78 is 12.6. The van der Waals surface area contributed by atoms with Crippen LogP contribution in [0.4, 0.5) is 5.95 Å². The molecule has 0 aliphatic rings. The minimum absolute atomic E-state index is 0.0399. The van der Waals surface area contributed by atoms with Crippen molar-refractivity contribution in [3.05, 3.63) is 66.2 Å². The number of carbonyl (C=O) groups is 1. The summed E-state index contributed by atoms with van der Waals surface area (Å²) in [5.41, 5.74) is 6.41. The number of hydrogen-bond donors (Lipinski definition) is 2. The zero-order valence-electron chi connectivity index (χ0n) is 16.9. The average molecular weight is 426 g/mol. The number of amides is 1. The largest absolute Gasteiger partial charge is 0.366 e. The average Bonchev–Trinajstić information content (AvgIpc) is 2.72. The highest BCUT2D eigenvalue weighted by atomic mass is 32.2. The van der Waals surface area contributed by atoms with Crippen molar-refractivity contribution in [1.29, 1.82) is 0 Å². The normalized spacial score (nSPS) is 13.5. The van der Waals surface area contributed by atoms with Crippen molar-refractivity contribution < 1.29 is 14.2 Å². The van der Waals surface area contributed by atoms with Gasteiger partial charge >= 0.3 is 0 Å². The number of carbonyl (C=O) groups excluding carboxylic acids is 1. The van der Waals surface area contributed by atoms with Gasteiger partial charge in [0, 0.05) is 36.0 Å². The van der Waals surface area contributed by atoms with E-state index in [4.69, 9.17) is 5.73 Å². The third-order valence-corrected chi connectivity index (χ3v) is 5.91. The molecule has 1 atom stereocenters. The van der Waals surface area contributed by atoms with Crippen molar-refractivity contribution in [3.8, 4) is 11.1 Å². The van der Waals surface area contributed by atoms with Crippen LogP contribution in [0.25, 0.3) is 11.1 Å². The summed E-state index contributed by atoms with van der Waals surface area (Å²) in [7, 11) is -2.57. The lowest BCUT2D eigenvalue weighted by atomic mass is 9.99. The minimum Gasteiger partial charge on any atom is -0.366 e. The lowest BCUT2D eigenvalue weighted by Gasteiger charge is -2.34. The maximum atomic E-state index is 12.6. The smallest absolute Gasteiger partial charge is 0.250 e. The first-order chi connectivity index (χ1) is 14.0. The maximum absolute atomic E-state index is 12.6. The van der Waals surface area contributed by atoms with E-state index < -0.39 is 21.0 Å². The second-order valence-electron chi connectivity index (χ2n) is 7.44. The molecule has 0 spiro atoms. The molecule has 30 heavy (non-hydrogen) atoms. The molecule has 0 bridgehead atoms. The Hall–Kier alpha value is -3.30. The van der Waals surface area contributed by atoms with E-state index in [0.717, 1.165) is 10.6 Å². The Morgan fingerprint density at radius 2 is 1.80 bits per heavy atom. The van der Waals surface area contributed by atoms with Gasteiger partial charge in [-0.1, -0.05) is 12.1 Å². The lowest BCUT2D eigenvalue weighted by molar-refractivity contribution is 0.100. The quantitative estimate of drug-likeness (QED) is 0.459. The molecule has 0 saturated heterocycles. The van der Waals surface area contributed by atoms with Crippen molar-refractivity contribution in [3.63, 3.8) is 0 Å². The molecule has 0 saturated carbocycles. The molecule has 1 aromatic carbocycles. The van der Waals surface area contributed by atoms with Gasteiger partial charge in [-0.25, -0.2) is 15.0 Å². The summed E-state index contributed by atoms with van der Waals surface area (Å²) in [5.74, 6) is 3.25. The SMILES string of the molecule is C=S(C)(=O)c1cccnc1C(C)(C)N(O)c1ncc(-c2cccc(C(N)=O)c2)cn1. The third-order valence-electron chi connectivity index (χ3n) is 4.65. The van der Waals surface area contributed by atoms with Gasteiger partial charge in [0.2, 0.25) is 11.9 Å². The predicted octanol–water partition coefficient (Wildman–Crippen LogP) is 2.47. The first kappa shape index (κ1) is 21.4. The molecule has 8 nitrogen and oxygen atoms in total. The summed E-state index contributed by atoms with van der Waals surface area (Å²) in [5, 5.41) is 11.7. The van der Waals surface area contributed by atoms with Crippen LogP contribution >= 0.6 is 0 Å². The number of nitrogens with zero attached hydrogens (tertiary/aromatic N) is 4. The highest BCUT2D eigenvalue weighted by Crippen LogP contribution is 2.32. The van der Waals surface area contributed by atoms with Gasteiger partial charge < -0.3 is 5.73 Å². The van der Waals surface area contributed by atoms with Crippen molar-refractivity contribution in [2.75, 3.05) is 11.3 Å². The van der Waals surface area contributed by atoms with Crippen molar-refractivity contribution in [2.24, 2.45) is 5.73 Å². The molecule has 2 heterocycles. The number of hydroxylamine groups is 1. The highest BCUT2D eigenvalue weighted by Gasteiger charge is 2.35. The molecule has 0 aliphatic carbocycles. The number of pyridine rings is 1. The zero-order valence-corrected chi connectivity index (χ0v) is 17.8. The van der Waals surface area contributed by atoms with Crippen molar-refractivity contribution in [2.45, 2.75) is 24.3 Å². The number of aromatic nitrogens is 3. The van der Waals surface area contributed by atoms with Crippen LogP contribution in [0.5, 0.6) is 0 Å². The Bertz CT molecular complexity index is 1190. The van der Waals surface area contributed by atoms with Crippen LogP contribution in [0.15, 0.2) is 59.9 Å². The minimum atomic E-state index is -2.57. The molecule has 9 heteroatoms. The summed E-state index contributed by atoms with van der Waals surface area (Å²) in [6, 6.07) is 10.1. The summed E-state index contributed by atoms with van der Waals surface area (Å²) in [6.45, 7) is 3.44. The van der Waals surface area contributed by atoms with E-state index in [0.29, 0.717) is 21.7 Å². The standard InChI is InChI=1S/C21H23N5O3S/c1-21(2,18-17(30(3,4)29)9-6-10-23-18)26(28)20-24-12-16(13-25-20)14-7-5-8-15(11-14)19(22)27/h5-13,28H,3H2,1-2,4H3,(H2,22,27). The summed E-state index contributed by atoms with van der Waals surface area (Å²) in [6.07, 6.45) is 6.16. The highest BCUT2D eigenvalue weighted by molar-refractivity contribution is 7.99. The fraction of sp³-hybridized carbons (Fsp3) is 0.190. The van der Waals surface area contributed by atoms with Gasteiger partial charge in [0.25, 0.3) is 0 Å². The molecule has 3 N–H and O–H groups in total. The number of anilines is 1. The Balaban J connectivity index is 1.96. The van der Waals surface area contributed by atoms with Gasteiger partial charge in [0.1, 0.15) is 5.54 Å². The number of hydrogen-bond acceptors (Lipinski definition) is 7. The molecule has 156 valence electrons. The van der Waals surface area contributed by atoms with Gasteiger partial charge in [-0.2, -0.15) is 0 Å². The molecule has 0 aliphatic heterocycles. The molecule has 3 aromatic rings. The second kappa shape index (κ2) is 7.85. The van der Waals surface area contributed by atoms with E-state index in [1.165, 1.54) is 18.6 Å². The molecule has 0 fully saturated rings. The Kier molecular flexibility index (Phi) is 5.60. The van der Waals surface area contributed by atoms with Gasteiger partial charge in [-0.3, -0.25) is 19.2 Å².